The molecule has 6 nitrogen and oxygen atoms in total. The smallest absolute Gasteiger partial charge is 0.237 e. The molecule has 0 aliphatic carbocycles. The summed E-state index contributed by atoms with van der Waals surface area (Å²) in [4.78, 5) is 26.2. The summed E-state index contributed by atoms with van der Waals surface area (Å²) in [7, 11) is 0. The molecule has 0 bridgehead atoms. The average Bonchev–Trinajstić information content (AvgIpc) is 3.22. The number of ether oxygens (including phenoxy) is 1. The molecule has 2 atom stereocenters. The van der Waals surface area contributed by atoms with Crippen molar-refractivity contribution in [3.8, 4) is 5.75 Å². The molecular formula is C21H32ClN3O3. The Labute approximate surface area is 173 Å². The Hall–Kier alpha value is -1.63. The van der Waals surface area contributed by atoms with Gasteiger partial charge in [-0.2, -0.15) is 0 Å². The van der Waals surface area contributed by atoms with E-state index in [1.807, 2.05) is 18.2 Å². The van der Waals surface area contributed by atoms with E-state index in [4.69, 9.17) is 4.74 Å². The summed E-state index contributed by atoms with van der Waals surface area (Å²) in [6, 6.07) is 7.40. The van der Waals surface area contributed by atoms with Crippen molar-refractivity contribution >= 4 is 24.1 Å². The molecule has 2 N–H and O–H groups in total. The number of amides is 1. The minimum atomic E-state index is -0.000520. The Kier molecular flexibility index (Phi) is 9.22. The molecule has 28 heavy (non-hydrogen) atoms. The number of carbonyl (C=O) groups excluding carboxylic acids is 2. The zero-order valence-corrected chi connectivity index (χ0v) is 17.4. The van der Waals surface area contributed by atoms with E-state index in [0.29, 0.717) is 23.8 Å². The molecule has 2 heterocycles. The lowest BCUT2D eigenvalue weighted by atomic mass is 9.98. The molecule has 1 aromatic rings. The zero-order chi connectivity index (χ0) is 19.1. The van der Waals surface area contributed by atoms with Crippen LogP contribution in [0.2, 0.25) is 0 Å². The number of piperidine rings is 1. The molecule has 1 aromatic carbocycles. The quantitative estimate of drug-likeness (QED) is 0.644. The van der Waals surface area contributed by atoms with Crippen molar-refractivity contribution in [1.82, 2.24) is 15.5 Å². The third kappa shape index (κ3) is 6.47. The van der Waals surface area contributed by atoms with Gasteiger partial charge in [0.1, 0.15) is 12.4 Å². The van der Waals surface area contributed by atoms with E-state index in [1.54, 1.807) is 13.0 Å². The predicted molar refractivity (Wildman–Crippen MR) is 112 cm³/mol. The molecule has 1 amide bonds. The van der Waals surface area contributed by atoms with Crippen LogP contribution in [0.3, 0.4) is 0 Å². The van der Waals surface area contributed by atoms with Crippen LogP contribution < -0.4 is 15.4 Å². The van der Waals surface area contributed by atoms with E-state index >= 15 is 0 Å². The van der Waals surface area contributed by atoms with E-state index in [1.165, 1.54) is 0 Å². The van der Waals surface area contributed by atoms with E-state index in [9.17, 15) is 9.59 Å². The second-order valence-electron chi connectivity index (χ2n) is 7.60. The fraction of sp³-hybridized carbons (Fsp3) is 0.619. The maximum absolute atomic E-state index is 12.2. The Morgan fingerprint density at radius 3 is 2.82 bits per heavy atom. The first kappa shape index (κ1) is 22.7. The first-order valence-corrected chi connectivity index (χ1v) is 10.1. The first-order chi connectivity index (χ1) is 13.1. The molecule has 156 valence electrons. The van der Waals surface area contributed by atoms with E-state index in [2.05, 4.69) is 15.5 Å². The first-order valence-electron chi connectivity index (χ1n) is 10.1. The van der Waals surface area contributed by atoms with Gasteiger partial charge in [-0.25, -0.2) is 0 Å². The van der Waals surface area contributed by atoms with Crippen molar-refractivity contribution in [3.05, 3.63) is 29.8 Å². The molecule has 0 aromatic heterocycles. The summed E-state index contributed by atoms with van der Waals surface area (Å²) < 4.78 is 5.86. The molecule has 3 rings (SSSR count). The molecule has 2 saturated heterocycles. The molecule has 0 saturated carbocycles. The van der Waals surface area contributed by atoms with Crippen LogP contribution in [0.5, 0.6) is 5.75 Å². The number of halogens is 1. The number of benzene rings is 1. The molecular weight excluding hydrogens is 378 g/mol. The van der Waals surface area contributed by atoms with Gasteiger partial charge in [-0.15, -0.1) is 12.4 Å². The number of likely N-dealkylation sites (tertiary alicyclic amines) is 1. The number of nitrogens with one attached hydrogen (secondary N) is 2. The SMILES string of the molecule is CC(=O)c1ccccc1OCCN1CCCC(CNC(=O)C2CCCN2)C1.Cl. The fourth-order valence-electron chi connectivity index (χ4n) is 3.97. The van der Waals surface area contributed by atoms with Crippen molar-refractivity contribution < 1.29 is 14.3 Å². The third-order valence-electron chi connectivity index (χ3n) is 5.48. The van der Waals surface area contributed by atoms with Crippen LogP contribution in [-0.2, 0) is 4.79 Å². The van der Waals surface area contributed by atoms with Gasteiger partial charge in [0.15, 0.2) is 5.78 Å². The molecule has 7 heteroatoms. The minimum absolute atomic E-state index is 0. The lowest BCUT2D eigenvalue weighted by Gasteiger charge is -2.33. The van der Waals surface area contributed by atoms with Crippen LogP contribution in [0.15, 0.2) is 24.3 Å². The van der Waals surface area contributed by atoms with Crippen LogP contribution in [-0.4, -0.2) is 62.0 Å². The number of nitrogens with zero attached hydrogens (tertiary/aromatic N) is 1. The van der Waals surface area contributed by atoms with Crippen LogP contribution >= 0.6 is 12.4 Å². The third-order valence-corrected chi connectivity index (χ3v) is 5.48. The normalized spacial score (nSPS) is 22.3. The van der Waals surface area contributed by atoms with Crippen LogP contribution in [0.25, 0.3) is 0 Å². The van der Waals surface area contributed by atoms with Gasteiger partial charge in [0, 0.05) is 19.6 Å². The average molecular weight is 410 g/mol. The molecule has 2 aliphatic rings. The van der Waals surface area contributed by atoms with Crippen LogP contribution in [0, 0.1) is 5.92 Å². The van der Waals surface area contributed by atoms with E-state index in [-0.39, 0.29) is 30.1 Å². The summed E-state index contributed by atoms with van der Waals surface area (Å²) in [6.45, 7) is 6.70. The van der Waals surface area contributed by atoms with Gasteiger partial charge in [-0.1, -0.05) is 12.1 Å². The van der Waals surface area contributed by atoms with Crippen molar-refractivity contribution in [1.29, 1.82) is 0 Å². The van der Waals surface area contributed by atoms with Crippen molar-refractivity contribution in [2.24, 2.45) is 5.92 Å². The van der Waals surface area contributed by atoms with Gasteiger partial charge < -0.3 is 15.4 Å². The van der Waals surface area contributed by atoms with Gasteiger partial charge in [0.05, 0.1) is 11.6 Å². The number of hydrogen-bond acceptors (Lipinski definition) is 5. The van der Waals surface area contributed by atoms with E-state index in [0.717, 1.165) is 58.4 Å². The lowest BCUT2D eigenvalue weighted by Crippen LogP contribution is -2.46. The summed E-state index contributed by atoms with van der Waals surface area (Å²) >= 11 is 0. The summed E-state index contributed by atoms with van der Waals surface area (Å²) in [6.07, 6.45) is 4.33. The standard InChI is InChI=1S/C21H31N3O3.ClH/c1-16(25)18-7-2-3-9-20(18)27-13-12-24-11-5-6-17(15-24)14-23-21(26)19-8-4-10-22-19;/h2-3,7,9,17,19,22H,4-6,8,10-15H2,1H3,(H,23,26);1H. The van der Waals surface area contributed by atoms with Crippen molar-refractivity contribution in [2.45, 2.75) is 38.6 Å². The highest BCUT2D eigenvalue weighted by Gasteiger charge is 2.24. The number of carbonyl (C=O) groups is 2. The molecule has 2 fully saturated rings. The summed E-state index contributed by atoms with van der Waals surface area (Å²) in [5.74, 6) is 1.33. The van der Waals surface area contributed by atoms with Crippen LogP contribution in [0.1, 0.15) is 43.0 Å². The second-order valence-corrected chi connectivity index (χ2v) is 7.60. The number of ketones is 1. The maximum Gasteiger partial charge on any atom is 0.237 e. The monoisotopic (exact) mass is 409 g/mol. The predicted octanol–water partition coefficient (Wildman–Crippen LogP) is 2.27. The number of rotatable bonds is 8. The topological polar surface area (TPSA) is 70.7 Å². The van der Waals surface area contributed by atoms with Crippen molar-refractivity contribution in [3.63, 3.8) is 0 Å². The molecule has 2 unspecified atom stereocenters. The summed E-state index contributed by atoms with van der Waals surface area (Å²) in [5, 5.41) is 6.37. The molecule has 0 spiro atoms. The Morgan fingerprint density at radius 2 is 2.07 bits per heavy atom. The Balaban J connectivity index is 0.00000280. The van der Waals surface area contributed by atoms with Gasteiger partial charge >= 0.3 is 0 Å². The molecule has 2 aliphatic heterocycles. The summed E-state index contributed by atoms with van der Waals surface area (Å²) in [5.41, 5.74) is 0.636. The Bertz CT molecular complexity index is 650. The largest absolute Gasteiger partial charge is 0.491 e. The maximum atomic E-state index is 12.2. The van der Waals surface area contributed by atoms with Crippen molar-refractivity contribution in [2.75, 3.05) is 39.3 Å². The lowest BCUT2D eigenvalue weighted by molar-refractivity contribution is -0.123. The fourth-order valence-corrected chi connectivity index (χ4v) is 3.97. The van der Waals surface area contributed by atoms with Gasteiger partial charge in [0.2, 0.25) is 5.91 Å². The van der Waals surface area contributed by atoms with E-state index < -0.39 is 0 Å². The highest BCUT2D eigenvalue weighted by Crippen LogP contribution is 2.19. The second kappa shape index (κ2) is 11.4. The van der Waals surface area contributed by atoms with Crippen LogP contribution in [0.4, 0.5) is 0 Å². The zero-order valence-electron chi connectivity index (χ0n) is 16.6. The number of para-hydroxylation sites is 1. The Morgan fingerprint density at radius 1 is 1.25 bits per heavy atom. The van der Waals surface area contributed by atoms with Gasteiger partial charge in [-0.3, -0.25) is 14.5 Å². The number of Topliss-reactive ketones (excluding diaryl/α,β-unsaturated/α-hetero) is 1. The van der Waals surface area contributed by atoms with Gasteiger partial charge in [-0.05, 0) is 63.7 Å². The highest BCUT2D eigenvalue weighted by molar-refractivity contribution is 5.96. The highest BCUT2D eigenvalue weighted by atomic mass is 35.5. The minimum Gasteiger partial charge on any atom is -0.491 e. The molecule has 0 radical (unpaired) electrons. The number of hydrogen-bond donors (Lipinski definition) is 2. The van der Waals surface area contributed by atoms with Gasteiger partial charge in [0.25, 0.3) is 0 Å².